The van der Waals surface area contributed by atoms with Crippen molar-refractivity contribution in [1.29, 1.82) is 5.26 Å². The maximum atomic E-state index is 8.83. The van der Waals surface area contributed by atoms with Gasteiger partial charge >= 0.3 is 0 Å². The van der Waals surface area contributed by atoms with Gasteiger partial charge < -0.3 is 10.6 Å². The summed E-state index contributed by atoms with van der Waals surface area (Å²) in [5.41, 5.74) is 8.47. The molecule has 1 fully saturated rings. The molecule has 3 heteroatoms. The van der Waals surface area contributed by atoms with Crippen LogP contribution in [0.4, 0.5) is 11.4 Å². The maximum Gasteiger partial charge on any atom is 0.0992 e. The van der Waals surface area contributed by atoms with Crippen molar-refractivity contribution < 1.29 is 0 Å². The van der Waals surface area contributed by atoms with Crippen LogP contribution in [-0.4, -0.2) is 13.1 Å². The zero-order valence-electron chi connectivity index (χ0n) is 10.3. The lowest BCUT2D eigenvalue weighted by molar-refractivity contribution is 0.709. The summed E-state index contributed by atoms with van der Waals surface area (Å²) in [4.78, 5) is 2.36. The molecule has 1 aromatic carbocycles. The van der Waals surface area contributed by atoms with Crippen LogP contribution in [0.15, 0.2) is 18.2 Å². The number of anilines is 2. The molecular weight excluding hydrogens is 210 g/mol. The van der Waals surface area contributed by atoms with Gasteiger partial charge in [-0.05, 0) is 43.4 Å². The van der Waals surface area contributed by atoms with Gasteiger partial charge in [-0.2, -0.15) is 5.26 Å². The molecule has 0 saturated heterocycles. The molecule has 0 atom stereocenters. The van der Waals surface area contributed by atoms with Crippen LogP contribution in [-0.2, 0) is 0 Å². The van der Waals surface area contributed by atoms with Gasteiger partial charge in [0.1, 0.15) is 0 Å². The van der Waals surface area contributed by atoms with Gasteiger partial charge in [0.15, 0.2) is 0 Å². The second-order valence-corrected chi connectivity index (χ2v) is 4.77. The molecule has 0 aliphatic heterocycles. The number of nitrogens with zero attached hydrogens (tertiary/aromatic N) is 2. The first-order chi connectivity index (χ1) is 8.24. The average molecular weight is 229 g/mol. The molecule has 3 nitrogen and oxygen atoms in total. The van der Waals surface area contributed by atoms with Crippen LogP contribution < -0.4 is 10.6 Å². The normalized spacial score (nSPS) is 14.4. The summed E-state index contributed by atoms with van der Waals surface area (Å²) in [6, 6.07) is 7.72. The quantitative estimate of drug-likeness (QED) is 0.790. The van der Waals surface area contributed by atoms with Crippen LogP contribution >= 0.6 is 0 Å². The van der Waals surface area contributed by atoms with Crippen molar-refractivity contribution in [2.24, 2.45) is 5.92 Å². The highest BCUT2D eigenvalue weighted by Gasteiger charge is 2.24. The van der Waals surface area contributed by atoms with E-state index in [0.29, 0.717) is 5.56 Å². The van der Waals surface area contributed by atoms with Gasteiger partial charge in [0.2, 0.25) is 0 Å². The van der Waals surface area contributed by atoms with Crippen LogP contribution in [0.1, 0.15) is 31.7 Å². The van der Waals surface area contributed by atoms with E-state index in [1.54, 1.807) is 6.07 Å². The van der Waals surface area contributed by atoms with Crippen LogP contribution in [0, 0.1) is 17.2 Å². The third-order valence-corrected chi connectivity index (χ3v) is 3.17. The molecule has 0 spiro atoms. The minimum atomic E-state index is 0.633. The first kappa shape index (κ1) is 11.8. The van der Waals surface area contributed by atoms with Gasteiger partial charge in [0, 0.05) is 13.1 Å². The topological polar surface area (TPSA) is 53.0 Å². The van der Waals surface area contributed by atoms with Gasteiger partial charge in [0.25, 0.3) is 0 Å². The van der Waals surface area contributed by atoms with Crippen LogP contribution in [0.2, 0.25) is 0 Å². The van der Waals surface area contributed by atoms with E-state index >= 15 is 0 Å². The van der Waals surface area contributed by atoms with Crippen molar-refractivity contribution in [3.8, 4) is 6.07 Å². The Balaban J connectivity index is 2.18. The summed E-state index contributed by atoms with van der Waals surface area (Å²) < 4.78 is 0. The SMILES string of the molecule is CCCN(CC1CC1)c1ccc(C#N)cc1N. The highest BCUT2D eigenvalue weighted by molar-refractivity contribution is 5.69. The number of benzene rings is 1. The summed E-state index contributed by atoms with van der Waals surface area (Å²) in [5, 5.41) is 8.83. The Morgan fingerprint density at radius 3 is 2.76 bits per heavy atom. The highest BCUT2D eigenvalue weighted by atomic mass is 15.1. The lowest BCUT2D eigenvalue weighted by atomic mass is 10.1. The zero-order valence-corrected chi connectivity index (χ0v) is 10.3. The van der Waals surface area contributed by atoms with E-state index in [9.17, 15) is 0 Å². The molecule has 0 aromatic heterocycles. The molecule has 1 aliphatic rings. The van der Waals surface area contributed by atoms with E-state index in [-0.39, 0.29) is 0 Å². The predicted octanol–water partition coefficient (Wildman–Crippen LogP) is 2.77. The Morgan fingerprint density at radius 1 is 1.47 bits per heavy atom. The van der Waals surface area contributed by atoms with Gasteiger partial charge in [-0.25, -0.2) is 0 Å². The standard InChI is InChI=1S/C14H19N3/c1-2-7-17(10-11-3-4-11)14-6-5-12(9-15)8-13(14)16/h5-6,8,11H,2-4,7,10,16H2,1H3. The van der Waals surface area contributed by atoms with Crippen molar-refractivity contribution in [2.45, 2.75) is 26.2 Å². The monoisotopic (exact) mass is 229 g/mol. The molecule has 90 valence electrons. The number of nitriles is 1. The predicted molar refractivity (Wildman–Crippen MR) is 70.8 cm³/mol. The van der Waals surface area contributed by atoms with Gasteiger partial charge in [-0.3, -0.25) is 0 Å². The Labute approximate surface area is 103 Å². The lowest BCUT2D eigenvalue weighted by Gasteiger charge is -2.25. The molecular formula is C14H19N3. The fraction of sp³-hybridized carbons (Fsp3) is 0.500. The van der Waals surface area contributed by atoms with Crippen LogP contribution in [0.5, 0.6) is 0 Å². The van der Waals surface area contributed by atoms with E-state index in [4.69, 9.17) is 11.0 Å². The third kappa shape index (κ3) is 2.91. The fourth-order valence-electron chi connectivity index (χ4n) is 2.10. The summed E-state index contributed by atoms with van der Waals surface area (Å²) in [7, 11) is 0. The molecule has 0 unspecified atom stereocenters. The Bertz CT molecular complexity index is 430. The molecule has 0 amide bonds. The van der Waals surface area contributed by atoms with Crippen molar-refractivity contribution >= 4 is 11.4 Å². The van der Waals surface area contributed by atoms with Crippen molar-refractivity contribution in [1.82, 2.24) is 0 Å². The van der Waals surface area contributed by atoms with E-state index in [2.05, 4.69) is 17.9 Å². The lowest BCUT2D eigenvalue weighted by Crippen LogP contribution is -2.27. The molecule has 17 heavy (non-hydrogen) atoms. The van der Waals surface area contributed by atoms with E-state index in [1.807, 2.05) is 12.1 Å². The third-order valence-electron chi connectivity index (χ3n) is 3.17. The smallest absolute Gasteiger partial charge is 0.0992 e. The van der Waals surface area contributed by atoms with E-state index in [0.717, 1.165) is 36.8 Å². The fourth-order valence-corrected chi connectivity index (χ4v) is 2.10. The van der Waals surface area contributed by atoms with Crippen LogP contribution in [0.25, 0.3) is 0 Å². The average Bonchev–Trinajstić information content (AvgIpc) is 3.12. The van der Waals surface area contributed by atoms with Crippen molar-refractivity contribution in [2.75, 3.05) is 23.7 Å². The van der Waals surface area contributed by atoms with E-state index in [1.165, 1.54) is 12.8 Å². The molecule has 1 saturated carbocycles. The van der Waals surface area contributed by atoms with E-state index < -0.39 is 0 Å². The largest absolute Gasteiger partial charge is 0.397 e. The number of hydrogen-bond acceptors (Lipinski definition) is 3. The first-order valence-electron chi connectivity index (χ1n) is 6.29. The minimum absolute atomic E-state index is 0.633. The number of nitrogen functional groups attached to an aromatic ring is 1. The number of nitrogens with two attached hydrogens (primary N) is 1. The minimum Gasteiger partial charge on any atom is -0.397 e. The molecule has 2 N–H and O–H groups in total. The maximum absolute atomic E-state index is 8.83. The van der Waals surface area contributed by atoms with Crippen molar-refractivity contribution in [3.05, 3.63) is 23.8 Å². The Morgan fingerprint density at radius 2 is 2.24 bits per heavy atom. The molecule has 2 rings (SSSR count). The van der Waals surface area contributed by atoms with Gasteiger partial charge in [-0.15, -0.1) is 0 Å². The molecule has 0 bridgehead atoms. The molecule has 0 heterocycles. The first-order valence-corrected chi connectivity index (χ1v) is 6.29. The number of hydrogen-bond donors (Lipinski definition) is 1. The molecule has 1 aromatic rings. The second kappa shape index (κ2) is 5.09. The molecule has 1 aliphatic carbocycles. The van der Waals surface area contributed by atoms with Gasteiger partial charge in [-0.1, -0.05) is 6.92 Å². The molecule has 0 radical (unpaired) electrons. The summed E-state index contributed by atoms with van der Waals surface area (Å²) in [6.45, 7) is 4.32. The summed E-state index contributed by atoms with van der Waals surface area (Å²) in [6.07, 6.45) is 3.80. The van der Waals surface area contributed by atoms with Gasteiger partial charge in [0.05, 0.1) is 23.0 Å². The Hall–Kier alpha value is -1.69. The number of rotatable bonds is 5. The summed E-state index contributed by atoms with van der Waals surface area (Å²) >= 11 is 0. The second-order valence-electron chi connectivity index (χ2n) is 4.77. The summed E-state index contributed by atoms with van der Waals surface area (Å²) in [5.74, 6) is 0.844. The Kier molecular flexibility index (Phi) is 3.53. The highest BCUT2D eigenvalue weighted by Crippen LogP contribution is 2.33. The van der Waals surface area contributed by atoms with Crippen molar-refractivity contribution in [3.63, 3.8) is 0 Å². The van der Waals surface area contributed by atoms with Crippen LogP contribution in [0.3, 0.4) is 0 Å². The zero-order chi connectivity index (χ0) is 12.3.